The second-order valence-corrected chi connectivity index (χ2v) is 10.3. The maximum absolute atomic E-state index is 12.7. The first-order chi connectivity index (χ1) is 14.5. The fourth-order valence-electron chi connectivity index (χ4n) is 6.76. The average molecular weight is 413 g/mol. The van der Waals surface area contributed by atoms with E-state index in [1.54, 1.807) is 7.11 Å². The van der Waals surface area contributed by atoms with Crippen LogP contribution in [0.5, 0.6) is 5.75 Å². The summed E-state index contributed by atoms with van der Waals surface area (Å²) in [6.45, 7) is 1.13. The summed E-state index contributed by atoms with van der Waals surface area (Å²) in [5.41, 5.74) is 1.12. The zero-order valence-corrected chi connectivity index (χ0v) is 17.9. The van der Waals surface area contributed by atoms with Gasteiger partial charge in [-0.15, -0.1) is 0 Å². The number of amides is 3. The maximum atomic E-state index is 12.7. The quantitative estimate of drug-likeness (QED) is 0.642. The van der Waals surface area contributed by atoms with E-state index in [4.69, 9.17) is 4.74 Å². The largest absolute Gasteiger partial charge is 0.497 e. The molecule has 3 amide bonds. The molecule has 1 atom stereocenters. The Kier molecular flexibility index (Phi) is 5.21. The molecule has 5 fully saturated rings. The first kappa shape index (κ1) is 19.9. The van der Waals surface area contributed by atoms with E-state index < -0.39 is 0 Å². The highest BCUT2D eigenvalue weighted by Crippen LogP contribution is 2.55. The number of carbonyl (C=O) groups excluding carboxylic acids is 2. The number of benzene rings is 1. The van der Waals surface area contributed by atoms with E-state index in [1.807, 2.05) is 12.1 Å². The van der Waals surface area contributed by atoms with Crippen LogP contribution in [0.2, 0.25) is 0 Å². The second kappa shape index (κ2) is 7.88. The van der Waals surface area contributed by atoms with Crippen LogP contribution in [0.4, 0.5) is 4.79 Å². The molecule has 0 radical (unpaired) electrons. The Hall–Kier alpha value is -2.08. The van der Waals surface area contributed by atoms with Crippen molar-refractivity contribution in [3.63, 3.8) is 0 Å². The summed E-state index contributed by atoms with van der Waals surface area (Å²) in [5.74, 6) is 2.98. The first-order valence-electron chi connectivity index (χ1n) is 11.6. The predicted molar refractivity (Wildman–Crippen MR) is 113 cm³/mol. The highest BCUT2D eigenvalue weighted by Gasteiger charge is 2.51. The topological polar surface area (TPSA) is 71.9 Å². The molecule has 30 heavy (non-hydrogen) atoms. The van der Waals surface area contributed by atoms with Crippen LogP contribution >= 0.6 is 0 Å². The van der Waals surface area contributed by atoms with Crippen molar-refractivity contribution in [2.75, 3.05) is 13.7 Å². The van der Waals surface area contributed by atoms with Crippen LogP contribution in [-0.4, -0.2) is 37.2 Å². The molecular weight excluding hydrogens is 378 g/mol. The third-order valence-electron chi connectivity index (χ3n) is 7.80. The maximum Gasteiger partial charge on any atom is 0.322 e. The number of rotatable bonds is 7. The molecule has 5 saturated carbocycles. The monoisotopic (exact) mass is 412 g/mol. The van der Waals surface area contributed by atoms with Crippen molar-refractivity contribution in [3.05, 3.63) is 29.8 Å². The van der Waals surface area contributed by atoms with Crippen molar-refractivity contribution in [2.45, 2.75) is 69.5 Å². The standard InChI is InChI=1S/C24H33N3O3/c1-30-21-6-2-16(3-7-21)14-27(20-4-5-20)15-22(28)25-23(29)26-24-11-17-8-18(12-24)10-19(9-17)13-24/h2-3,6-7,17-20H,4-5,8-15H2,1H3,(H2,25,26,28,29)/p+1. The van der Waals surface area contributed by atoms with Crippen LogP contribution in [0.15, 0.2) is 24.3 Å². The molecule has 0 aromatic heterocycles. The number of quaternary nitrogens is 1. The third kappa shape index (κ3) is 4.34. The highest BCUT2D eigenvalue weighted by atomic mass is 16.5. The minimum Gasteiger partial charge on any atom is -0.497 e. The zero-order valence-electron chi connectivity index (χ0n) is 17.9. The van der Waals surface area contributed by atoms with E-state index >= 15 is 0 Å². The molecule has 0 heterocycles. The Balaban J connectivity index is 1.15. The van der Waals surface area contributed by atoms with Crippen LogP contribution in [0.1, 0.15) is 56.9 Å². The Morgan fingerprint density at radius 1 is 1.03 bits per heavy atom. The number of hydrogen-bond acceptors (Lipinski definition) is 3. The molecule has 0 aliphatic heterocycles. The third-order valence-corrected chi connectivity index (χ3v) is 7.80. The lowest BCUT2D eigenvalue weighted by Crippen LogP contribution is -3.13. The number of urea groups is 1. The predicted octanol–water partition coefficient (Wildman–Crippen LogP) is 2.04. The van der Waals surface area contributed by atoms with Crippen LogP contribution in [0.3, 0.4) is 0 Å². The number of methoxy groups -OCH3 is 1. The van der Waals surface area contributed by atoms with E-state index in [2.05, 4.69) is 22.8 Å². The minimum absolute atomic E-state index is 0.0642. The van der Waals surface area contributed by atoms with E-state index in [0.717, 1.165) is 62.2 Å². The Morgan fingerprint density at radius 3 is 2.17 bits per heavy atom. The summed E-state index contributed by atoms with van der Waals surface area (Å²) in [5, 5.41) is 5.88. The lowest BCUT2D eigenvalue weighted by Gasteiger charge is -2.56. The van der Waals surface area contributed by atoms with Crippen molar-refractivity contribution < 1.29 is 19.2 Å². The summed E-state index contributed by atoms with van der Waals surface area (Å²) in [4.78, 5) is 26.6. The van der Waals surface area contributed by atoms with E-state index in [1.165, 1.54) is 29.7 Å². The average Bonchev–Trinajstić information content (AvgIpc) is 3.51. The van der Waals surface area contributed by atoms with Crippen molar-refractivity contribution in [3.8, 4) is 5.75 Å². The summed E-state index contributed by atoms with van der Waals surface area (Å²) < 4.78 is 5.23. The number of imide groups is 1. The van der Waals surface area contributed by atoms with Crippen molar-refractivity contribution in [1.82, 2.24) is 10.6 Å². The van der Waals surface area contributed by atoms with Crippen molar-refractivity contribution in [1.29, 1.82) is 0 Å². The normalized spacial score (nSPS) is 32.5. The molecule has 6 nitrogen and oxygen atoms in total. The van der Waals surface area contributed by atoms with Crippen LogP contribution in [0.25, 0.3) is 0 Å². The molecule has 4 bridgehead atoms. The fourth-order valence-corrected chi connectivity index (χ4v) is 6.76. The van der Waals surface area contributed by atoms with Gasteiger partial charge in [-0.3, -0.25) is 10.1 Å². The molecule has 1 unspecified atom stereocenters. The number of nitrogens with one attached hydrogen (secondary N) is 3. The molecule has 0 saturated heterocycles. The van der Waals surface area contributed by atoms with Gasteiger partial charge >= 0.3 is 6.03 Å². The first-order valence-corrected chi connectivity index (χ1v) is 11.6. The van der Waals surface area contributed by atoms with Gasteiger partial charge in [-0.25, -0.2) is 4.79 Å². The van der Waals surface area contributed by atoms with Crippen LogP contribution < -0.4 is 20.3 Å². The van der Waals surface area contributed by atoms with E-state index in [9.17, 15) is 9.59 Å². The van der Waals surface area contributed by atoms with Gasteiger partial charge in [-0.2, -0.15) is 0 Å². The second-order valence-electron chi connectivity index (χ2n) is 10.3. The van der Waals surface area contributed by atoms with Crippen molar-refractivity contribution >= 4 is 11.9 Å². The lowest BCUT2D eigenvalue weighted by atomic mass is 9.53. The van der Waals surface area contributed by atoms with Gasteiger partial charge < -0.3 is 15.0 Å². The summed E-state index contributed by atoms with van der Waals surface area (Å²) in [7, 11) is 1.66. The Bertz CT molecular complexity index is 767. The van der Waals surface area contributed by atoms with Gasteiger partial charge in [0.25, 0.3) is 5.91 Å². The number of ether oxygens (including phenoxy) is 1. The SMILES string of the molecule is COc1ccc(C[NH+](CC(=O)NC(=O)NC23CC4CC(CC(C4)C2)C3)C2CC2)cc1. The molecule has 5 aliphatic rings. The van der Waals surface area contributed by atoms with E-state index in [-0.39, 0.29) is 17.5 Å². The number of hydrogen-bond donors (Lipinski definition) is 3. The molecule has 6 heteroatoms. The summed E-state index contributed by atoms with van der Waals surface area (Å²) in [6.07, 6.45) is 9.61. The minimum atomic E-state index is -0.290. The van der Waals surface area contributed by atoms with Gasteiger partial charge in [0.15, 0.2) is 6.54 Å². The molecule has 5 aliphatic carbocycles. The molecule has 3 N–H and O–H groups in total. The van der Waals surface area contributed by atoms with Crippen molar-refractivity contribution in [2.24, 2.45) is 17.8 Å². The lowest BCUT2D eigenvalue weighted by molar-refractivity contribution is -0.917. The van der Waals surface area contributed by atoms with Gasteiger partial charge in [0.1, 0.15) is 12.3 Å². The fraction of sp³-hybridized carbons (Fsp3) is 0.667. The summed E-state index contributed by atoms with van der Waals surface area (Å²) in [6, 6.07) is 8.25. The Morgan fingerprint density at radius 2 is 1.63 bits per heavy atom. The van der Waals surface area contributed by atoms with Gasteiger partial charge in [0, 0.05) is 23.9 Å². The zero-order chi connectivity index (χ0) is 20.7. The molecular formula is C24H34N3O3+. The van der Waals surface area contributed by atoms with Gasteiger partial charge in [-0.1, -0.05) is 0 Å². The smallest absolute Gasteiger partial charge is 0.322 e. The molecule has 162 valence electrons. The van der Waals surface area contributed by atoms with Gasteiger partial charge in [0.2, 0.25) is 0 Å². The van der Waals surface area contributed by atoms with E-state index in [0.29, 0.717) is 12.6 Å². The molecule has 6 rings (SSSR count). The molecule has 1 aromatic rings. The molecule has 1 aromatic carbocycles. The Labute approximate surface area is 178 Å². The van der Waals surface area contributed by atoms with Gasteiger partial charge in [0.05, 0.1) is 13.2 Å². The number of carbonyl (C=O) groups is 2. The van der Waals surface area contributed by atoms with Crippen LogP contribution in [-0.2, 0) is 11.3 Å². The summed E-state index contributed by atoms with van der Waals surface area (Å²) >= 11 is 0. The van der Waals surface area contributed by atoms with Gasteiger partial charge in [-0.05, 0) is 80.5 Å². The highest BCUT2D eigenvalue weighted by molar-refractivity contribution is 5.95. The van der Waals surface area contributed by atoms with Crippen LogP contribution in [0, 0.1) is 17.8 Å². The molecule has 0 spiro atoms.